The van der Waals surface area contributed by atoms with E-state index in [0.717, 1.165) is 4.47 Å². The average Bonchev–Trinajstić information content (AvgIpc) is 2.48. The van der Waals surface area contributed by atoms with E-state index >= 15 is 0 Å². The second-order valence-corrected chi connectivity index (χ2v) is 4.83. The van der Waals surface area contributed by atoms with Gasteiger partial charge in [0.1, 0.15) is 11.5 Å². The Hall–Kier alpha value is -2.52. The van der Waals surface area contributed by atoms with Crippen LogP contribution in [0.5, 0.6) is 0 Å². The molecule has 21 heavy (non-hydrogen) atoms. The van der Waals surface area contributed by atoms with E-state index in [4.69, 9.17) is 5.84 Å². The number of halogens is 1. The predicted octanol–water partition coefficient (Wildman–Crippen LogP) is 2.29. The molecule has 0 bridgehead atoms. The summed E-state index contributed by atoms with van der Waals surface area (Å²) in [6.45, 7) is 0. The largest absolute Gasteiger partial charge is 0.318 e. The fourth-order valence-corrected chi connectivity index (χ4v) is 1.90. The number of pyridine rings is 1. The summed E-state index contributed by atoms with van der Waals surface area (Å²) in [6.07, 6.45) is 1.52. The van der Waals surface area contributed by atoms with Crippen LogP contribution in [0.2, 0.25) is 0 Å². The number of nitrogens with zero attached hydrogens (tertiary/aromatic N) is 2. The van der Waals surface area contributed by atoms with E-state index in [0.29, 0.717) is 5.82 Å². The minimum absolute atomic E-state index is 0.0522. The lowest BCUT2D eigenvalue weighted by atomic mass is 10.1. The van der Waals surface area contributed by atoms with Gasteiger partial charge in [-0.15, -0.1) is 0 Å². The molecule has 0 aliphatic rings. The zero-order valence-corrected chi connectivity index (χ0v) is 12.1. The number of hydrazine groups is 1. The summed E-state index contributed by atoms with van der Waals surface area (Å²) < 4.78 is 0.764. The van der Waals surface area contributed by atoms with Crippen molar-refractivity contribution >= 4 is 39.0 Å². The number of nitro groups is 1. The number of hydrogen-bond acceptors (Lipinski definition) is 6. The Morgan fingerprint density at radius 3 is 2.67 bits per heavy atom. The molecule has 0 radical (unpaired) electrons. The van der Waals surface area contributed by atoms with Gasteiger partial charge in [-0.3, -0.25) is 20.8 Å². The number of nitrogen functional groups attached to an aromatic ring is 1. The Bertz CT molecular complexity index is 690. The number of benzene rings is 1. The van der Waals surface area contributed by atoms with Crippen LogP contribution in [0.4, 0.5) is 17.2 Å². The van der Waals surface area contributed by atoms with Gasteiger partial charge in [-0.05, 0) is 34.1 Å². The van der Waals surface area contributed by atoms with E-state index in [1.165, 1.54) is 24.4 Å². The molecule has 8 nitrogen and oxygen atoms in total. The van der Waals surface area contributed by atoms with Gasteiger partial charge in [0.2, 0.25) is 0 Å². The summed E-state index contributed by atoms with van der Waals surface area (Å²) in [5, 5.41) is 13.4. The summed E-state index contributed by atoms with van der Waals surface area (Å²) in [6, 6.07) is 7.39. The maximum absolute atomic E-state index is 12.2. The molecule has 0 saturated heterocycles. The van der Waals surface area contributed by atoms with Crippen molar-refractivity contribution in [3.8, 4) is 0 Å². The number of para-hydroxylation sites is 1. The maximum Gasteiger partial charge on any atom is 0.294 e. The highest BCUT2D eigenvalue weighted by Crippen LogP contribution is 2.27. The Kier molecular flexibility index (Phi) is 4.45. The first-order chi connectivity index (χ1) is 10.0. The first kappa shape index (κ1) is 14.9. The number of nitrogens with two attached hydrogens (primary N) is 1. The van der Waals surface area contributed by atoms with Crippen molar-refractivity contribution in [3.63, 3.8) is 0 Å². The van der Waals surface area contributed by atoms with Crippen LogP contribution in [0, 0.1) is 10.1 Å². The molecule has 0 fully saturated rings. The number of rotatable bonds is 4. The first-order valence-electron chi connectivity index (χ1n) is 5.70. The molecule has 0 spiro atoms. The number of aromatic nitrogens is 1. The third kappa shape index (κ3) is 3.33. The number of anilines is 2. The van der Waals surface area contributed by atoms with Gasteiger partial charge in [0, 0.05) is 16.7 Å². The van der Waals surface area contributed by atoms with E-state index in [9.17, 15) is 14.9 Å². The molecule has 1 aromatic heterocycles. The number of carbonyl (C=O) groups is 1. The summed E-state index contributed by atoms with van der Waals surface area (Å²) in [5.41, 5.74) is 1.90. The van der Waals surface area contributed by atoms with Crippen molar-refractivity contribution in [1.29, 1.82) is 0 Å². The second-order valence-electron chi connectivity index (χ2n) is 3.92. The molecule has 2 aromatic rings. The molecule has 0 saturated carbocycles. The van der Waals surface area contributed by atoms with Crippen LogP contribution in [0.25, 0.3) is 0 Å². The fourth-order valence-electron chi connectivity index (χ4n) is 1.67. The number of hydrogen-bond donors (Lipinski definition) is 3. The molecular formula is C12H10BrN5O3. The number of amides is 1. The maximum atomic E-state index is 12.2. The molecule has 0 atom stereocenters. The lowest BCUT2D eigenvalue weighted by Crippen LogP contribution is -2.18. The van der Waals surface area contributed by atoms with Crippen LogP contribution in [-0.2, 0) is 0 Å². The van der Waals surface area contributed by atoms with Gasteiger partial charge in [0.05, 0.1) is 10.5 Å². The predicted molar refractivity (Wildman–Crippen MR) is 80.8 cm³/mol. The summed E-state index contributed by atoms with van der Waals surface area (Å²) in [5.74, 6) is 5.05. The zero-order valence-electron chi connectivity index (χ0n) is 10.5. The van der Waals surface area contributed by atoms with Gasteiger partial charge in [-0.1, -0.05) is 6.07 Å². The van der Waals surface area contributed by atoms with E-state index in [1.54, 1.807) is 12.1 Å². The van der Waals surface area contributed by atoms with Gasteiger partial charge < -0.3 is 10.7 Å². The smallest absolute Gasteiger partial charge is 0.294 e. The van der Waals surface area contributed by atoms with Crippen molar-refractivity contribution in [2.24, 2.45) is 5.84 Å². The average molecular weight is 352 g/mol. The zero-order chi connectivity index (χ0) is 15.4. The molecule has 0 unspecified atom stereocenters. The van der Waals surface area contributed by atoms with Crippen LogP contribution in [0.15, 0.2) is 41.0 Å². The molecule has 0 aliphatic carbocycles. The van der Waals surface area contributed by atoms with Gasteiger partial charge in [0.25, 0.3) is 11.6 Å². The van der Waals surface area contributed by atoms with Crippen LogP contribution in [-0.4, -0.2) is 15.8 Å². The van der Waals surface area contributed by atoms with Crippen LogP contribution in [0.1, 0.15) is 10.4 Å². The molecule has 1 aromatic carbocycles. The molecule has 108 valence electrons. The molecule has 1 heterocycles. The number of nitrogens with one attached hydrogen (secondary N) is 2. The number of nitro benzene ring substituents is 1. The molecule has 1 amide bonds. The quantitative estimate of drug-likeness (QED) is 0.441. The SMILES string of the molecule is NNc1c(C(=O)Nc2ccc(Br)cn2)cccc1[N+](=O)[O-]. The lowest BCUT2D eigenvalue weighted by molar-refractivity contribution is -0.384. The van der Waals surface area contributed by atoms with Crippen molar-refractivity contribution in [2.45, 2.75) is 0 Å². The van der Waals surface area contributed by atoms with Crippen molar-refractivity contribution < 1.29 is 9.72 Å². The van der Waals surface area contributed by atoms with Gasteiger partial charge in [0.15, 0.2) is 0 Å². The first-order valence-corrected chi connectivity index (χ1v) is 6.49. The van der Waals surface area contributed by atoms with E-state index < -0.39 is 10.8 Å². The van der Waals surface area contributed by atoms with Crippen LogP contribution in [0.3, 0.4) is 0 Å². The van der Waals surface area contributed by atoms with Crippen LogP contribution < -0.4 is 16.6 Å². The van der Waals surface area contributed by atoms with Crippen molar-refractivity contribution in [2.75, 3.05) is 10.7 Å². The fraction of sp³-hybridized carbons (Fsp3) is 0. The highest BCUT2D eigenvalue weighted by molar-refractivity contribution is 9.10. The van der Waals surface area contributed by atoms with E-state index in [1.807, 2.05) is 0 Å². The van der Waals surface area contributed by atoms with Crippen molar-refractivity contribution in [3.05, 3.63) is 56.7 Å². The second kappa shape index (κ2) is 6.29. The Morgan fingerprint density at radius 2 is 2.10 bits per heavy atom. The normalized spacial score (nSPS) is 10.0. The summed E-state index contributed by atoms with van der Waals surface area (Å²) in [4.78, 5) is 26.5. The summed E-state index contributed by atoms with van der Waals surface area (Å²) >= 11 is 3.23. The van der Waals surface area contributed by atoms with Gasteiger partial charge in [-0.25, -0.2) is 4.98 Å². The van der Waals surface area contributed by atoms with Gasteiger partial charge in [-0.2, -0.15) is 0 Å². The Morgan fingerprint density at radius 1 is 1.33 bits per heavy atom. The Balaban J connectivity index is 2.33. The minimum Gasteiger partial charge on any atom is -0.318 e. The topological polar surface area (TPSA) is 123 Å². The molecule has 0 aliphatic heterocycles. The van der Waals surface area contributed by atoms with E-state index in [2.05, 4.69) is 31.7 Å². The molecule has 9 heteroatoms. The van der Waals surface area contributed by atoms with Gasteiger partial charge >= 0.3 is 0 Å². The van der Waals surface area contributed by atoms with Crippen LogP contribution >= 0.6 is 15.9 Å². The standard InChI is InChI=1S/C12H10BrN5O3/c13-7-4-5-10(15-6-7)16-12(19)8-2-1-3-9(18(20)21)11(8)17-14/h1-6,17H,14H2,(H,15,16,19). The lowest BCUT2D eigenvalue weighted by Gasteiger charge is -2.09. The number of carbonyl (C=O) groups excluding carboxylic acids is 1. The van der Waals surface area contributed by atoms with Crippen molar-refractivity contribution in [1.82, 2.24) is 4.98 Å². The third-order valence-electron chi connectivity index (χ3n) is 2.60. The molecule has 2 rings (SSSR count). The Labute approximate surface area is 127 Å². The minimum atomic E-state index is -0.621. The third-order valence-corrected chi connectivity index (χ3v) is 3.07. The monoisotopic (exact) mass is 351 g/mol. The highest BCUT2D eigenvalue weighted by Gasteiger charge is 2.21. The summed E-state index contributed by atoms with van der Waals surface area (Å²) in [7, 11) is 0. The molecular weight excluding hydrogens is 342 g/mol. The highest BCUT2D eigenvalue weighted by atomic mass is 79.9. The van der Waals surface area contributed by atoms with E-state index in [-0.39, 0.29) is 16.9 Å². The molecule has 4 N–H and O–H groups in total.